The third kappa shape index (κ3) is 6.38. The Hall–Kier alpha value is -2.33. The number of aliphatic hydroxyl groups excluding tert-OH is 2. The number of rotatable bonds is 13. The average molecular weight is 467 g/mol. The molecule has 1 aromatic rings. The number of hydrogen-bond acceptors (Lipinski definition) is 8. The number of ketones is 2. The van der Waals surface area contributed by atoms with Gasteiger partial charge in [0, 0.05) is 32.3 Å². The van der Waals surface area contributed by atoms with Crippen LogP contribution in [-0.4, -0.2) is 72.6 Å². The van der Waals surface area contributed by atoms with E-state index < -0.39 is 73.6 Å². The van der Waals surface area contributed by atoms with Crippen molar-refractivity contribution in [1.82, 2.24) is 0 Å². The molecular weight excluding hydrogens is 432 g/mol. The van der Waals surface area contributed by atoms with E-state index in [4.69, 9.17) is 5.11 Å². The number of carboxylic acid groups (broad SMARTS) is 1. The number of fused-ring (bicyclic) bond motifs is 1. The number of carbonyl (C=O) groups is 3. The van der Waals surface area contributed by atoms with E-state index >= 15 is 0 Å². The zero-order valence-corrected chi connectivity index (χ0v) is 18.9. The largest absolute Gasteiger partial charge is 0.507 e. The minimum Gasteiger partial charge on any atom is -0.507 e. The van der Waals surface area contributed by atoms with Crippen molar-refractivity contribution >= 4 is 17.5 Å². The molecule has 0 spiro atoms. The second-order valence-electron chi connectivity index (χ2n) is 9.08. The molecule has 0 bridgehead atoms. The van der Waals surface area contributed by atoms with Crippen molar-refractivity contribution in [2.45, 2.75) is 75.9 Å². The number of aryl methyl sites for hydroxylation is 1. The third-order valence-corrected chi connectivity index (χ3v) is 6.44. The first-order valence-corrected chi connectivity index (χ1v) is 11.3. The molecule has 0 radical (unpaired) electrons. The fraction of sp³-hybridized carbons (Fsp3) is 0.625. The number of carbonyl (C=O) groups excluding carboxylic acids is 2. The Labute approximate surface area is 192 Å². The number of unbranched alkanes of at least 4 members (excludes halogenated alkanes) is 2. The zero-order chi connectivity index (χ0) is 24.8. The molecule has 3 atom stereocenters. The summed E-state index contributed by atoms with van der Waals surface area (Å²) in [5.74, 6) is -4.64. The van der Waals surface area contributed by atoms with Crippen molar-refractivity contribution in [2.75, 3.05) is 13.2 Å². The van der Waals surface area contributed by atoms with Crippen LogP contribution in [0.3, 0.4) is 0 Å². The van der Waals surface area contributed by atoms with Crippen molar-refractivity contribution in [2.24, 2.45) is 5.92 Å². The Balaban J connectivity index is 2.42. The van der Waals surface area contributed by atoms with Gasteiger partial charge >= 0.3 is 5.97 Å². The molecule has 1 aliphatic rings. The average Bonchev–Trinajstić information content (AvgIpc) is 2.68. The van der Waals surface area contributed by atoms with Crippen LogP contribution < -0.4 is 0 Å². The van der Waals surface area contributed by atoms with Gasteiger partial charge in [0.25, 0.3) is 0 Å². The smallest absolute Gasteiger partial charge is 0.310 e. The minimum atomic E-state index is -2.14. The van der Waals surface area contributed by atoms with Gasteiger partial charge in [0.15, 0.2) is 11.6 Å². The molecule has 0 saturated heterocycles. The Morgan fingerprint density at radius 3 is 2.45 bits per heavy atom. The molecule has 2 rings (SSSR count). The lowest BCUT2D eigenvalue weighted by Gasteiger charge is -2.42. The quantitative estimate of drug-likeness (QED) is 0.184. The van der Waals surface area contributed by atoms with Gasteiger partial charge in [-0.05, 0) is 30.0 Å². The van der Waals surface area contributed by atoms with E-state index in [9.17, 15) is 39.9 Å². The number of carboxylic acids is 1. The van der Waals surface area contributed by atoms with Crippen LogP contribution in [0.4, 0.5) is 0 Å². The SMILES string of the molecule is CCCCCc1ccc(O)c2c1CC(O)(CC(O)(CCO)C(CO)C(=O)CC(=O)O)CC2=O. The van der Waals surface area contributed by atoms with Crippen LogP contribution >= 0.6 is 0 Å². The molecule has 0 amide bonds. The van der Waals surface area contributed by atoms with Crippen molar-refractivity contribution in [3.8, 4) is 5.75 Å². The number of phenols is 1. The monoisotopic (exact) mass is 466 g/mol. The number of benzene rings is 1. The molecule has 1 aliphatic carbocycles. The molecule has 0 aromatic heterocycles. The summed E-state index contributed by atoms with van der Waals surface area (Å²) in [6.07, 6.45) is 1.05. The zero-order valence-electron chi connectivity index (χ0n) is 18.9. The van der Waals surface area contributed by atoms with Gasteiger partial charge in [0.05, 0.1) is 29.3 Å². The number of Topliss-reactive ketones (excluding diaryl/α,β-unsaturated/α-hetero) is 2. The summed E-state index contributed by atoms with van der Waals surface area (Å²) < 4.78 is 0. The van der Waals surface area contributed by atoms with Crippen LogP contribution in [0.5, 0.6) is 5.75 Å². The first kappa shape index (κ1) is 26.9. The minimum absolute atomic E-state index is 0.0804. The molecule has 0 aliphatic heterocycles. The standard InChI is InChI=1S/C24H34O9/c1-2-3-4-5-15-6-7-18(27)22-16(15)11-23(32,12-20(22)29)14-24(33,8-9-25)17(13-26)19(28)10-21(30)31/h6-7,17,25-27,32-33H,2-5,8-14H2,1H3,(H,30,31). The van der Waals surface area contributed by atoms with E-state index in [1.54, 1.807) is 6.07 Å². The number of aromatic hydroxyl groups is 1. The fourth-order valence-corrected chi connectivity index (χ4v) is 4.89. The molecule has 9 nitrogen and oxygen atoms in total. The molecule has 33 heavy (non-hydrogen) atoms. The maximum atomic E-state index is 12.9. The summed E-state index contributed by atoms with van der Waals surface area (Å²) in [7, 11) is 0. The topological polar surface area (TPSA) is 173 Å². The molecule has 0 fully saturated rings. The van der Waals surface area contributed by atoms with Gasteiger partial charge < -0.3 is 30.6 Å². The van der Waals surface area contributed by atoms with E-state index in [1.807, 2.05) is 0 Å². The van der Waals surface area contributed by atoms with Gasteiger partial charge in [-0.25, -0.2) is 0 Å². The second kappa shape index (κ2) is 11.2. The van der Waals surface area contributed by atoms with Gasteiger partial charge in [-0.3, -0.25) is 14.4 Å². The highest BCUT2D eigenvalue weighted by molar-refractivity contribution is 6.02. The van der Waals surface area contributed by atoms with Gasteiger partial charge in [0.2, 0.25) is 0 Å². The summed E-state index contributed by atoms with van der Waals surface area (Å²) in [5.41, 5.74) is -2.54. The lowest BCUT2D eigenvalue weighted by Crippen LogP contribution is -2.53. The summed E-state index contributed by atoms with van der Waals surface area (Å²) >= 11 is 0. The number of aliphatic carboxylic acids is 1. The Bertz CT molecular complexity index is 881. The van der Waals surface area contributed by atoms with Gasteiger partial charge in [-0.15, -0.1) is 0 Å². The first-order valence-electron chi connectivity index (χ1n) is 11.3. The molecular formula is C24H34O9. The predicted octanol–water partition coefficient (Wildman–Crippen LogP) is 1.14. The maximum absolute atomic E-state index is 12.9. The Morgan fingerprint density at radius 1 is 1.18 bits per heavy atom. The maximum Gasteiger partial charge on any atom is 0.310 e. The number of aliphatic hydroxyl groups is 4. The Kier molecular flexibility index (Phi) is 9.13. The first-order chi connectivity index (χ1) is 15.5. The van der Waals surface area contributed by atoms with E-state index in [0.717, 1.165) is 24.8 Å². The lowest BCUT2D eigenvalue weighted by atomic mass is 9.68. The molecule has 184 valence electrons. The number of phenolic OH excluding ortho intramolecular Hbond substituents is 1. The molecule has 0 heterocycles. The van der Waals surface area contributed by atoms with Crippen LogP contribution in [-0.2, 0) is 22.4 Å². The van der Waals surface area contributed by atoms with Crippen molar-refractivity contribution in [3.63, 3.8) is 0 Å². The highest BCUT2D eigenvalue weighted by atomic mass is 16.4. The summed E-state index contributed by atoms with van der Waals surface area (Å²) in [6.45, 7) is 0.586. The van der Waals surface area contributed by atoms with E-state index in [0.29, 0.717) is 12.0 Å². The van der Waals surface area contributed by atoms with Crippen molar-refractivity contribution in [3.05, 3.63) is 28.8 Å². The van der Waals surface area contributed by atoms with Crippen molar-refractivity contribution in [1.29, 1.82) is 0 Å². The highest BCUT2D eigenvalue weighted by Crippen LogP contribution is 2.42. The molecule has 9 heteroatoms. The van der Waals surface area contributed by atoms with E-state index in [1.165, 1.54) is 6.07 Å². The normalized spacial score (nSPS) is 20.7. The number of hydrogen-bond donors (Lipinski definition) is 6. The molecule has 6 N–H and O–H groups in total. The van der Waals surface area contributed by atoms with Crippen LogP contribution in [0, 0.1) is 5.92 Å². The third-order valence-electron chi connectivity index (χ3n) is 6.44. The fourth-order valence-electron chi connectivity index (χ4n) is 4.89. The van der Waals surface area contributed by atoms with Gasteiger partial charge in [-0.1, -0.05) is 25.8 Å². The molecule has 3 unspecified atom stereocenters. The van der Waals surface area contributed by atoms with Gasteiger partial charge in [0.1, 0.15) is 12.2 Å². The van der Waals surface area contributed by atoms with Crippen LogP contribution in [0.2, 0.25) is 0 Å². The van der Waals surface area contributed by atoms with Crippen LogP contribution in [0.25, 0.3) is 0 Å². The molecule has 0 saturated carbocycles. The highest BCUT2D eigenvalue weighted by Gasteiger charge is 2.49. The summed E-state index contributed by atoms with van der Waals surface area (Å²) in [4.78, 5) is 36.3. The van der Waals surface area contributed by atoms with Crippen LogP contribution in [0.1, 0.15) is 73.4 Å². The van der Waals surface area contributed by atoms with Crippen molar-refractivity contribution < 1.29 is 45.0 Å². The van der Waals surface area contributed by atoms with E-state index in [2.05, 4.69) is 6.92 Å². The lowest BCUT2D eigenvalue weighted by molar-refractivity contribution is -0.151. The summed E-state index contributed by atoms with van der Waals surface area (Å²) in [5, 5.41) is 61.1. The van der Waals surface area contributed by atoms with E-state index in [-0.39, 0.29) is 17.7 Å². The second-order valence-corrected chi connectivity index (χ2v) is 9.08. The summed E-state index contributed by atoms with van der Waals surface area (Å²) in [6, 6.07) is 3.16. The Morgan fingerprint density at radius 2 is 1.88 bits per heavy atom. The predicted molar refractivity (Wildman–Crippen MR) is 118 cm³/mol. The van der Waals surface area contributed by atoms with Gasteiger partial charge in [-0.2, -0.15) is 0 Å². The van der Waals surface area contributed by atoms with Crippen LogP contribution in [0.15, 0.2) is 12.1 Å². The molecule has 1 aromatic carbocycles.